The van der Waals surface area contributed by atoms with Crippen LogP contribution in [-0.4, -0.2) is 29.6 Å². The van der Waals surface area contributed by atoms with E-state index in [2.05, 4.69) is 34.7 Å². The Bertz CT molecular complexity index is 354. The average molecular weight is 250 g/mol. The summed E-state index contributed by atoms with van der Waals surface area (Å²) >= 11 is 1.90. The lowest BCUT2D eigenvalue weighted by Crippen LogP contribution is -2.62. The molecule has 1 aromatic heterocycles. The second-order valence-electron chi connectivity index (χ2n) is 5.67. The van der Waals surface area contributed by atoms with E-state index in [0.717, 1.165) is 6.54 Å². The molecule has 0 bridgehead atoms. The highest BCUT2D eigenvalue weighted by Crippen LogP contribution is 2.38. The molecule has 1 N–H and O–H groups in total. The fraction of sp³-hybridized carbons (Fsp3) is 0.714. The third-order valence-electron chi connectivity index (χ3n) is 4.41. The molecule has 1 aromatic rings. The van der Waals surface area contributed by atoms with E-state index in [1.54, 1.807) is 0 Å². The fourth-order valence-electron chi connectivity index (χ4n) is 3.41. The summed E-state index contributed by atoms with van der Waals surface area (Å²) in [5.74, 6) is 0. The molecule has 0 aromatic carbocycles. The minimum Gasteiger partial charge on any atom is -0.311 e. The largest absolute Gasteiger partial charge is 0.311 e. The summed E-state index contributed by atoms with van der Waals surface area (Å²) in [5, 5.41) is 5.88. The summed E-state index contributed by atoms with van der Waals surface area (Å²) in [5.41, 5.74) is 0.469. The molecule has 1 spiro atoms. The molecule has 1 atom stereocenters. The van der Waals surface area contributed by atoms with E-state index >= 15 is 0 Å². The minimum absolute atomic E-state index is 0.469. The van der Waals surface area contributed by atoms with Gasteiger partial charge in [0.15, 0.2) is 0 Å². The molecule has 2 aliphatic rings. The third-order valence-corrected chi connectivity index (χ3v) is 5.27. The number of hydrogen-bond acceptors (Lipinski definition) is 3. The highest BCUT2D eigenvalue weighted by Gasteiger charge is 2.42. The Labute approximate surface area is 108 Å². The molecule has 94 valence electrons. The lowest BCUT2D eigenvalue weighted by Gasteiger charge is -2.47. The van der Waals surface area contributed by atoms with Crippen molar-refractivity contribution in [2.45, 2.75) is 50.7 Å². The maximum atomic E-state index is 3.69. The zero-order valence-corrected chi connectivity index (χ0v) is 11.4. The molecule has 1 saturated carbocycles. The Morgan fingerprint density at radius 3 is 3.00 bits per heavy atom. The van der Waals surface area contributed by atoms with Crippen molar-refractivity contribution >= 4 is 11.3 Å². The number of piperazine rings is 1. The zero-order valence-electron chi connectivity index (χ0n) is 10.6. The molecular weight excluding hydrogens is 228 g/mol. The van der Waals surface area contributed by atoms with Gasteiger partial charge in [-0.3, -0.25) is 4.90 Å². The van der Waals surface area contributed by atoms with Gasteiger partial charge in [0.25, 0.3) is 0 Å². The van der Waals surface area contributed by atoms with Crippen LogP contribution >= 0.6 is 11.3 Å². The van der Waals surface area contributed by atoms with Crippen LogP contribution in [0.1, 0.15) is 37.5 Å². The fourth-order valence-corrected chi connectivity index (χ4v) is 4.13. The molecule has 0 amide bonds. The van der Waals surface area contributed by atoms with Crippen molar-refractivity contribution in [3.05, 3.63) is 22.4 Å². The molecule has 3 rings (SSSR count). The summed E-state index contributed by atoms with van der Waals surface area (Å²) < 4.78 is 0. The van der Waals surface area contributed by atoms with Gasteiger partial charge in [-0.15, -0.1) is 11.3 Å². The maximum absolute atomic E-state index is 3.69. The van der Waals surface area contributed by atoms with Gasteiger partial charge in [-0.25, -0.2) is 0 Å². The van der Waals surface area contributed by atoms with Crippen molar-refractivity contribution in [1.29, 1.82) is 0 Å². The lowest BCUT2D eigenvalue weighted by atomic mass is 9.91. The van der Waals surface area contributed by atoms with Gasteiger partial charge >= 0.3 is 0 Å². The summed E-state index contributed by atoms with van der Waals surface area (Å²) in [6.45, 7) is 5.87. The number of nitrogens with zero attached hydrogens (tertiary/aromatic N) is 1. The van der Waals surface area contributed by atoms with E-state index < -0.39 is 0 Å². The normalized spacial score (nSPS) is 28.9. The third kappa shape index (κ3) is 2.28. The van der Waals surface area contributed by atoms with Crippen molar-refractivity contribution < 1.29 is 0 Å². The van der Waals surface area contributed by atoms with Crippen LogP contribution in [0, 0.1) is 0 Å². The smallest absolute Gasteiger partial charge is 0.0338 e. The van der Waals surface area contributed by atoms with E-state index in [0.29, 0.717) is 11.6 Å². The topological polar surface area (TPSA) is 15.3 Å². The summed E-state index contributed by atoms with van der Waals surface area (Å²) in [6, 6.07) is 5.09. The van der Waals surface area contributed by atoms with Crippen LogP contribution in [0.25, 0.3) is 0 Å². The van der Waals surface area contributed by atoms with Gasteiger partial charge in [0.1, 0.15) is 0 Å². The van der Waals surface area contributed by atoms with Gasteiger partial charge < -0.3 is 5.32 Å². The second kappa shape index (κ2) is 4.71. The molecule has 2 heterocycles. The first kappa shape index (κ1) is 11.7. The van der Waals surface area contributed by atoms with Crippen LogP contribution in [0.4, 0.5) is 0 Å². The molecule has 17 heavy (non-hydrogen) atoms. The predicted octanol–water partition coefficient (Wildman–Crippen LogP) is 2.85. The Hall–Kier alpha value is -0.380. The molecular formula is C14H22N2S. The van der Waals surface area contributed by atoms with Gasteiger partial charge in [-0.05, 0) is 31.2 Å². The predicted molar refractivity (Wildman–Crippen MR) is 73.4 cm³/mol. The van der Waals surface area contributed by atoms with Crippen LogP contribution in [0.2, 0.25) is 0 Å². The van der Waals surface area contributed by atoms with Gasteiger partial charge in [-0.2, -0.15) is 0 Å². The Morgan fingerprint density at radius 2 is 2.29 bits per heavy atom. The first-order valence-electron chi connectivity index (χ1n) is 6.79. The Kier molecular flexibility index (Phi) is 3.24. The molecule has 3 heteroatoms. The molecule has 1 aliphatic heterocycles. The molecule has 0 radical (unpaired) electrons. The van der Waals surface area contributed by atoms with Crippen molar-refractivity contribution in [2.75, 3.05) is 13.1 Å². The molecule has 1 unspecified atom stereocenters. The quantitative estimate of drug-likeness (QED) is 0.868. The SMILES string of the molecule is CC1CN(Cc2cccs2)C2(CCCC2)CN1. The summed E-state index contributed by atoms with van der Waals surface area (Å²) in [6.07, 6.45) is 5.60. The van der Waals surface area contributed by atoms with Gasteiger partial charge in [0.05, 0.1) is 0 Å². The highest BCUT2D eigenvalue weighted by molar-refractivity contribution is 7.09. The van der Waals surface area contributed by atoms with Crippen molar-refractivity contribution in [3.63, 3.8) is 0 Å². The molecule has 2 nitrogen and oxygen atoms in total. The first-order valence-corrected chi connectivity index (χ1v) is 7.67. The average Bonchev–Trinajstić information content (AvgIpc) is 2.96. The van der Waals surface area contributed by atoms with E-state index in [1.165, 1.54) is 43.6 Å². The summed E-state index contributed by atoms with van der Waals surface area (Å²) in [7, 11) is 0. The van der Waals surface area contributed by atoms with Crippen molar-refractivity contribution in [3.8, 4) is 0 Å². The maximum Gasteiger partial charge on any atom is 0.0338 e. The van der Waals surface area contributed by atoms with Gasteiger partial charge in [0, 0.05) is 36.1 Å². The van der Waals surface area contributed by atoms with Gasteiger partial charge in [0.2, 0.25) is 0 Å². The number of hydrogen-bond donors (Lipinski definition) is 1. The zero-order chi connectivity index (χ0) is 11.7. The summed E-state index contributed by atoms with van der Waals surface area (Å²) in [4.78, 5) is 4.28. The van der Waals surface area contributed by atoms with E-state index in [9.17, 15) is 0 Å². The van der Waals surface area contributed by atoms with Crippen molar-refractivity contribution in [2.24, 2.45) is 0 Å². The Morgan fingerprint density at radius 1 is 1.47 bits per heavy atom. The first-order chi connectivity index (χ1) is 8.28. The van der Waals surface area contributed by atoms with Crippen LogP contribution in [0.5, 0.6) is 0 Å². The van der Waals surface area contributed by atoms with Crippen LogP contribution in [0.3, 0.4) is 0 Å². The molecule has 1 saturated heterocycles. The van der Waals surface area contributed by atoms with E-state index in [1.807, 2.05) is 11.3 Å². The van der Waals surface area contributed by atoms with E-state index in [-0.39, 0.29) is 0 Å². The number of nitrogens with one attached hydrogen (secondary N) is 1. The number of rotatable bonds is 2. The monoisotopic (exact) mass is 250 g/mol. The Balaban J connectivity index is 1.77. The van der Waals surface area contributed by atoms with Crippen LogP contribution < -0.4 is 5.32 Å². The number of thiophene rings is 1. The van der Waals surface area contributed by atoms with Crippen molar-refractivity contribution in [1.82, 2.24) is 10.2 Å². The van der Waals surface area contributed by atoms with Crippen LogP contribution in [-0.2, 0) is 6.54 Å². The standard InChI is InChI=1S/C14H22N2S/c1-12-9-16(10-13-5-4-8-17-13)14(11-15-12)6-2-3-7-14/h4-5,8,12,15H,2-3,6-7,9-11H2,1H3. The molecule has 1 aliphatic carbocycles. The van der Waals surface area contributed by atoms with Gasteiger partial charge in [-0.1, -0.05) is 18.9 Å². The van der Waals surface area contributed by atoms with E-state index in [4.69, 9.17) is 0 Å². The minimum atomic E-state index is 0.469. The highest BCUT2D eigenvalue weighted by atomic mass is 32.1. The molecule has 2 fully saturated rings. The second-order valence-corrected chi connectivity index (χ2v) is 6.71. The van der Waals surface area contributed by atoms with Crippen LogP contribution in [0.15, 0.2) is 17.5 Å². The lowest BCUT2D eigenvalue weighted by molar-refractivity contribution is 0.0402.